The Labute approximate surface area is 98.8 Å². The predicted octanol–water partition coefficient (Wildman–Crippen LogP) is -1.62. The van der Waals surface area contributed by atoms with E-state index < -0.39 is 23.6 Å². The van der Waals surface area contributed by atoms with Crippen LogP contribution < -0.4 is 17.2 Å². The van der Waals surface area contributed by atoms with E-state index >= 15 is 0 Å². The first kappa shape index (κ1) is 15.2. The van der Waals surface area contributed by atoms with Crippen molar-refractivity contribution in [2.45, 2.75) is 31.9 Å². The summed E-state index contributed by atoms with van der Waals surface area (Å²) in [7, 11) is 0. The molecule has 0 aromatic rings. The zero-order valence-electron chi connectivity index (χ0n) is 9.84. The lowest BCUT2D eigenvalue weighted by Crippen LogP contribution is -2.44. The molecule has 0 rings (SSSR count). The van der Waals surface area contributed by atoms with Gasteiger partial charge in [-0.15, -0.1) is 0 Å². The molecule has 2 atom stereocenters. The molecule has 1 unspecified atom stereocenters. The van der Waals surface area contributed by atoms with Crippen LogP contribution >= 0.6 is 0 Å². The molecule has 7 N–H and O–H groups in total. The summed E-state index contributed by atoms with van der Waals surface area (Å²) < 4.78 is 5.01. The number of hydrogen-bond donors (Lipinski definition) is 4. The third kappa shape index (κ3) is 6.36. The van der Waals surface area contributed by atoms with E-state index in [0.29, 0.717) is 0 Å². The van der Waals surface area contributed by atoms with E-state index in [0.717, 1.165) is 0 Å². The number of esters is 1. The minimum Gasteiger partial charge on any atom is -0.480 e. The average Bonchev–Trinajstić information content (AvgIpc) is 2.13. The number of carbonyl (C=O) groups excluding carboxylic acids is 1. The molecule has 0 spiro atoms. The zero-order chi connectivity index (χ0) is 13.6. The van der Waals surface area contributed by atoms with Gasteiger partial charge in [-0.2, -0.15) is 0 Å². The molecule has 0 saturated carbocycles. The molecule has 98 valence electrons. The molecular weight excluding hydrogens is 228 g/mol. The Balaban J connectivity index is 4.77. The minimum absolute atomic E-state index is 0.0457. The number of carboxylic acids is 1. The van der Waals surface area contributed by atoms with E-state index in [2.05, 4.69) is 4.99 Å². The highest BCUT2D eigenvalue weighted by atomic mass is 16.6. The van der Waals surface area contributed by atoms with Crippen LogP contribution in [0.15, 0.2) is 4.99 Å². The summed E-state index contributed by atoms with van der Waals surface area (Å²) in [4.78, 5) is 25.3. The normalized spacial score (nSPS) is 15.5. The Morgan fingerprint density at radius 2 is 2.00 bits per heavy atom. The fourth-order valence-electron chi connectivity index (χ4n) is 1.30. The molecule has 0 bridgehead atoms. The molecule has 0 aromatic heterocycles. The second-order valence-corrected chi connectivity index (χ2v) is 3.93. The van der Waals surface area contributed by atoms with Crippen molar-refractivity contribution >= 4 is 17.9 Å². The summed E-state index contributed by atoms with van der Waals surface area (Å²) in [5.74, 6) is -1.92. The molecule has 8 nitrogen and oxygen atoms in total. The van der Waals surface area contributed by atoms with Crippen LogP contribution in [0.5, 0.6) is 0 Å². The van der Waals surface area contributed by atoms with Crippen molar-refractivity contribution in [2.75, 3.05) is 6.54 Å². The number of nitrogens with two attached hydrogens (primary N) is 3. The summed E-state index contributed by atoms with van der Waals surface area (Å²) in [6, 6.07) is -1.16. The number of rotatable bonds is 6. The summed E-state index contributed by atoms with van der Waals surface area (Å²) >= 11 is 0. The number of ether oxygens (including phenoxy) is 1. The van der Waals surface area contributed by atoms with Crippen LogP contribution in [0, 0.1) is 0 Å². The van der Waals surface area contributed by atoms with Crippen molar-refractivity contribution in [3.05, 3.63) is 0 Å². The number of nitrogens with zero attached hydrogens (tertiary/aromatic N) is 1. The summed E-state index contributed by atoms with van der Waals surface area (Å²) in [6.45, 7) is 2.68. The summed E-state index contributed by atoms with van der Waals surface area (Å²) in [5.41, 5.74) is 14.6. The molecule has 0 aromatic carbocycles. The van der Waals surface area contributed by atoms with Crippen LogP contribution in [0.3, 0.4) is 0 Å². The molecule has 0 aliphatic carbocycles. The average molecular weight is 246 g/mol. The third-order valence-electron chi connectivity index (χ3n) is 1.96. The minimum atomic E-state index is -1.19. The number of guanidine groups is 1. The third-order valence-corrected chi connectivity index (χ3v) is 1.96. The van der Waals surface area contributed by atoms with Gasteiger partial charge in [-0.3, -0.25) is 9.59 Å². The van der Waals surface area contributed by atoms with Gasteiger partial charge in [0, 0.05) is 13.3 Å². The van der Waals surface area contributed by atoms with E-state index in [9.17, 15) is 9.59 Å². The van der Waals surface area contributed by atoms with Crippen molar-refractivity contribution in [3.63, 3.8) is 0 Å². The Hall–Kier alpha value is -1.83. The summed E-state index contributed by atoms with van der Waals surface area (Å²) in [5, 5.41) is 8.71. The monoisotopic (exact) mass is 246 g/mol. The van der Waals surface area contributed by atoms with E-state index in [4.69, 9.17) is 27.0 Å². The van der Waals surface area contributed by atoms with Crippen molar-refractivity contribution < 1.29 is 19.4 Å². The molecule has 0 heterocycles. The van der Waals surface area contributed by atoms with E-state index in [1.54, 1.807) is 0 Å². The fraction of sp³-hybridized carbons (Fsp3) is 0.667. The second kappa shape index (κ2) is 6.04. The van der Waals surface area contributed by atoms with Gasteiger partial charge in [0.2, 0.25) is 0 Å². The number of carboxylic acid groups (broad SMARTS) is 1. The van der Waals surface area contributed by atoms with Gasteiger partial charge in [0.1, 0.15) is 11.6 Å². The molecule has 0 aliphatic rings. The molecule has 0 aliphatic heterocycles. The van der Waals surface area contributed by atoms with Gasteiger partial charge in [0.05, 0.1) is 6.54 Å². The maximum absolute atomic E-state index is 10.9. The number of aliphatic imine (C=N–C) groups is 1. The Morgan fingerprint density at radius 1 is 1.47 bits per heavy atom. The predicted molar refractivity (Wildman–Crippen MR) is 61.1 cm³/mol. The largest absolute Gasteiger partial charge is 0.480 e. The number of hydrogen-bond acceptors (Lipinski definition) is 5. The lowest BCUT2D eigenvalue weighted by molar-refractivity contribution is -0.157. The number of aliphatic carboxylic acids is 1. The van der Waals surface area contributed by atoms with Crippen LogP contribution in [-0.4, -0.2) is 41.2 Å². The SMILES string of the molecule is CC(=O)OC(C)(CN=C(N)N)C[C@@H](N)C(=O)O. The van der Waals surface area contributed by atoms with Crippen LogP contribution in [0.1, 0.15) is 20.3 Å². The van der Waals surface area contributed by atoms with Crippen LogP contribution in [-0.2, 0) is 14.3 Å². The van der Waals surface area contributed by atoms with E-state index in [1.807, 2.05) is 0 Å². The lowest BCUT2D eigenvalue weighted by atomic mass is 9.97. The Kier molecular flexibility index (Phi) is 5.39. The molecule has 0 amide bonds. The fourth-order valence-corrected chi connectivity index (χ4v) is 1.30. The van der Waals surface area contributed by atoms with Crippen molar-refractivity contribution in [1.82, 2.24) is 0 Å². The van der Waals surface area contributed by atoms with Gasteiger partial charge in [-0.1, -0.05) is 0 Å². The van der Waals surface area contributed by atoms with Crippen LogP contribution in [0.4, 0.5) is 0 Å². The first-order valence-corrected chi connectivity index (χ1v) is 4.89. The van der Waals surface area contributed by atoms with Crippen molar-refractivity contribution in [2.24, 2.45) is 22.2 Å². The highest BCUT2D eigenvalue weighted by molar-refractivity contribution is 5.76. The molecule has 0 fully saturated rings. The maximum atomic E-state index is 10.9. The van der Waals surface area contributed by atoms with Crippen LogP contribution in [0.25, 0.3) is 0 Å². The molecule has 0 radical (unpaired) electrons. The summed E-state index contributed by atoms with van der Waals surface area (Å²) in [6.07, 6.45) is -0.0846. The Bertz CT molecular complexity index is 327. The quantitative estimate of drug-likeness (QED) is 0.249. The van der Waals surface area contributed by atoms with Gasteiger partial charge in [0.15, 0.2) is 5.96 Å². The molecule has 17 heavy (non-hydrogen) atoms. The van der Waals surface area contributed by atoms with E-state index in [1.165, 1.54) is 13.8 Å². The molecule has 8 heteroatoms. The van der Waals surface area contributed by atoms with Gasteiger partial charge in [0.25, 0.3) is 0 Å². The number of carbonyl (C=O) groups is 2. The maximum Gasteiger partial charge on any atom is 0.320 e. The van der Waals surface area contributed by atoms with Crippen LogP contribution in [0.2, 0.25) is 0 Å². The van der Waals surface area contributed by atoms with Crippen molar-refractivity contribution in [1.29, 1.82) is 0 Å². The van der Waals surface area contributed by atoms with Gasteiger partial charge < -0.3 is 27.0 Å². The standard InChI is InChI=1S/C9H18N4O4/c1-5(14)17-9(2,4-13-8(11)12)3-6(10)7(15)16/h6H,3-4,10H2,1-2H3,(H,15,16)(H4,11,12,13)/t6-,9?/m1/s1. The van der Waals surface area contributed by atoms with E-state index in [-0.39, 0.29) is 18.9 Å². The molecular formula is C9H18N4O4. The van der Waals surface area contributed by atoms with Crippen molar-refractivity contribution in [3.8, 4) is 0 Å². The highest BCUT2D eigenvalue weighted by Gasteiger charge is 2.32. The lowest BCUT2D eigenvalue weighted by Gasteiger charge is -2.28. The van der Waals surface area contributed by atoms with Gasteiger partial charge >= 0.3 is 11.9 Å². The van der Waals surface area contributed by atoms with Gasteiger partial charge in [-0.05, 0) is 6.92 Å². The van der Waals surface area contributed by atoms with Gasteiger partial charge in [-0.25, -0.2) is 4.99 Å². The smallest absolute Gasteiger partial charge is 0.320 e. The second-order valence-electron chi connectivity index (χ2n) is 3.93. The first-order valence-electron chi connectivity index (χ1n) is 4.89. The molecule has 0 saturated heterocycles. The Morgan fingerprint density at radius 3 is 2.35 bits per heavy atom. The zero-order valence-corrected chi connectivity index (χ0v) is 9.84. The first-order chi connectivity index (χ1) is 7.66. The topological polar surface area (TPSA) is 154 Å². The highest BCUT2D eigenvalue weighted by Crippen LogP contribution is 2.18.